The Balaban J connectivity index is 4.22. The first-order valence-electron chi connectivity index (χ1n) is 6.70. The predicted molar refractivity (Wildman–Crippen MR) is 73.0 cm³/mol. The number of hydrogen-bond acceptors (Lipinski definition) is 3. The van der Waals surface area contributed by atoms with E-state index in [4.69, 9.17) is 5.73 Å². The summed E-state index contributed by atoms with van der Waals surface area (Å²) in [7, 11) is 0. The van der Waals surface area contributed by atoms with Crippen molar-refractivity contribution < 1.29 is 9.59 Å². The lowest BCUT2D eigenvalue weighted by Gasteiger charge is -2.21. The largest absolute Gasteiger partial charge is 0.352 e. The molecule has 0 aromatic rings. The van der Waals surface area contributed by atoms with Crippen LogP contribution in [0.25, 0.3) is 0 Å². The fourth-order valence-electron chi connectivity index (χ4n) is 1.83. The Morgan fingerprint density at radius 1 is 1.17 bits per heavy atom. The van der Waals surface area contributed by atoms with Gasteiger partial charge < -0.3 is 16.4 Å². The number of carbonyl (C=O) groups is 2. The summed E-state index contributed by atoms with van der Waals surface area (Å²) in [6.45, 7) is 8.20. The minimum absolute atomic E-state index is 0.0922. The van der Waals surface area contributed by atoms with E-state index < -0.39 is 6.04 Å². The van der Waals surface area contributed by atoms with E-state index in [1.807, 2.05) is 13.8 Å². The number of nitrogens with one attached hydrogen (secondary N) is 2. The van der Waals surface area contributed by atoms with Crippen molar-refractivity contribution >= 4 is 11.8 Å². The molecular weight excluding hydrogens is 230 g/mol. The molecule has 0 saturated carbocycles. The number of hydrogen-bond donors (Lipinski definition) is 3. The topological polar surface area (TPSA) is 84.2 Å². The molecule has 0 radical (unpaired) electrons. The van der Waals surface area contributed by atoms with Crippen molar-refractivity contribution in [3.63, 3.8) is 0 Å². The van der Waals surface area contributed by atoms with Gasteiger partial charge in [-0.15, -0.1) is 0 Å². The lowest BCUT2D eigenvalue weighted by molar-refractivity contribution is -0.129. The fraction of sp³-hybridized carbons (Fsp3) is 0.846. The summed E-state index contributed by atoms with van der Waals surface area (Å²) in [5.74, 6) is 0.195. The molecule has 2 amide bonds. The third-order valence-electron chi connectivity index (χ3n) is 2.58. The number of amides is 2. The van der Waals surface area contributed by atoms with Gasteiger partial charge in [-0.3, -0.25) is 9.59 Å². The highest BCUT2D eigenvalue weighted by Crippen LogP contribution is 2.03. The minimum atomic E-state index is -0.626. The smallest absolute Gasteiger partial charge is 0.244 e. The van der Waals surface area contributed by atoms with Gasteiger partial charge in [-0.1, -0.05) is 20.8 Å². The van der Waals surface area contributed by atoms with E-state index >= 15 is 0 Å². The van der Waals surface area contributed by atoms with Crippen LogP contribution in [0.15, 0.2) is 0 Å². The van der Waals surface area contributed by atoms with Gasteiger partial charge in [-0.25, -0.2) is 0 Å². The summed E-state index contributed by atoms with van der Waals surface area (Å²) in [5, 5.41) is 5.53. The fourth-order valence-corrected chi connectivity index (χ4v) is 1.83. The summed E-state index contributed by atoms with van der Waals surface area (Å²) in [4.78, 5) is 23.3. The van der Waals surface area contributed by atoms with Crippen molar-refractivity contribution in [3.05, 3.63) is 0 Å². The zero-order chi connectivity index (χ0) is 14.1. The molecule has 5 nitrogen and oxygen atoms in total. The van der Waals surface area contributed by atoms with E-state index in [9.17, 15) is 9.59 Å². The molecule has 0 heterocycles. The maximum absolute atomic E-state index is 11.9. The van der Waals surface area contributed by atoms with Crippen LogP contribution in [0.2, 0.25) is 0 Å². The molecule has 106 valence electrons. The molecule has 0 aliphatic carbocycles. The Bertz CT molecular complexity index is 267. The summed E-state index contributed by atoms with van der Waals surface area (Å²) < 4.78 is 0. The molecule has 4 N–H and O–H groups in total. The molecule has 0 aliphatic heterocycles. The van der Waals surface area contributed by atoms with Gasteiger partial charge >= 0.3 is 0 Å². The van der Waals surface area contributed by atoms with Crippen molar-refractivity contribution in [1.29, 1.82) is 0 Å². The van der Waals surface area contributed by atoms with Crippen molar-refractivity contribution in [1.82, 2.24) is 10.6 Å². The highest BCUT2D eigenvalue weighted by Gasteiger charge is 2.20. The first kappa shape index (κ1) is 16.9. The Morgan fingerprint density at radius 3 is 2.22 bits per heavy atom. The second kappa shape index (κ2) is 8.91. The average Bonchev–Trinajstić information content (AvgIpc) is 2.24. The lowest BCUT2D eigenvalue weighted by atomic mass is 10.0. The van der Waals surface area contributed by atoms with Gasteiger partial charge in [-0.2, -0.15) is 0 Å². The number of carbonyl (C=O) groups excluding carboxylic acids is 2. The van der Waals surface area contributed by atoms with E-state index in [1.54, 1.807) is 0 Å². The van der Waals surface area contributed by atoms with Crippen molar-refractivity contribution in [2.75, 3.05) is 6.54 Å². The van der Waals surface area contributed by atoms with Gasteiger partial charge in [0, 0.05) is 19.0 Å². The van der Waals surface area contributed by atoms with Crippen molar-refractivity contribution in [3.8, 4) is 0 Å². The number of rotatable bonds is 8. The van der Waals surface area contributed by atoms with Crippen LogP contribution in [-0.2, 0) is 9.59 Å². The molecule has 0 saturated heterocycles. The van der Waals surface area contributed by atoms with Crippen LogP contribution in [-0.4, -0.2) is 30.4 Å². The highest BCUT2D eigenvalue weighted by atomic mass is 16.2. The molecule has 0 bridgehead atoms. The molecule has 0 aliphatic rings. The lowest BCUT2D eigenvalue weighted by Crippen LogP contribution is -2.52. The van der Waals surface area contributed by atoms with Crippen LogP contribution >= 0.6 is 0 Å². The number of nitrogens with two attached hydrogens (primary N) is 1. The second-order valence-corrected chi connectivity index (χ2v) is 5.14. The summed E-state index contributed by atoms with van der Waals surface area (Å²) in [6, 6.07) is -0.534. The predicted octanol–water partition coefficient (Wildman–Crippen LogP) is 0.781. The molecule has 0 unspecified atom stereocenters. The monoisotopic (exact) mass is 257 g/mol. The van der Waals surface area contributed by atoms with E-state index in [0.717, 1.165) is 12.8 Å². The zero-order valence-electron chi connectivity index (χ0n) is 12.0. The Kier molecular flexibility index (Phi) is 8.37. The summed E-state index contributed by atoms with van der Waals surface area (Å²) >= 11 is 0. The molecule has 0 aromatic heterocycles. The Labute approximate surface area is 110 Å². The van der Waals surface area contributed by atoms with Crippen molar-refractivity contribution in [2.24, 2.45) is 11.7 Å². The summed E-state index contributed by atoms with van der Waals surface area (Å²) in [5.41, 5.74) is 5.52. The van der Waals surface area contributed by atoms with E-state index in [1.165, 1.54) is 0 Å². The SMILES string of the molecule is CCCC(=O)N[C@@H](CN)C(=O)N[C@@H](C)CC(C)C. The average molecular weight is 257 g/mol. The van der Waals surface area contributed by atoms with E-state index in [-0.39, 0.29) is 24.4 Å². The highest BCUT2D eigenvalue weighted by molar-refractivity contribution is 5.87. The van der Waals surface area contributed by atoms with Gasteiger partial charge in [0.2, 0.25) is 11.8 Å². The van der Waals surface area contributed by atoms with E-state index in [2.05, 4.69) is 24.5 Å². The molecule has 0 aromatic carbocycles. The quantitative estimate of drug-likeness (QED) is 0.601. The van der Waals surface area contributed by atoms with Crippen LogP contribution in [0.1, 0.15) is 47.0 Å². The third kappa shape index (κ3) is 7.27. The molecule has 18 heavy (non-hydrogen) atoms. The van der Waals surface area contributed by atoms with Crippen LogP contribution in [0.3, 0.4) is 0 Å². The van der Waals surface area contributed by atoms with E-state index in [0.29, 0.717) is 12.3 Å². The maximum Gasteiger partial charge on any atom is 0.244 e. The van der Waals surface area contributed by atoms with Crippen LogP contribution in [0, 0.1) is 5.92 Å². The molecular formula is C13H27N3O2. The molecule has 0 spiro atoms. The van der Waals surface area contributed by atoms with Gasteiger partial charge in [0.15, 0.2) is 0 Å². The normalized spacial score (nSPS) is 14.1. The minimum Gasteiger partial charge on any atom is -0.352 e. The Hall–Kier alpha value is -1.10. The van der Waals surface area contributed by atoms with Crippen LogP contribution in [0.4, 0.5) is 0 Å². The molecule has 5 heteroatoms. The van der Waals surface area contributed by atoms with Gasteiger partial charge in [0.25, 0.3) is 0 Å². The van der Waals surface area contributed by atoms with Crippen molar-refractivity contribution in [2.45, 2.75) is 59.0 Å². The first-order valence-corrected chi connectivity index (χ1v) is 6.70. The standard InChI is InChI=1S/C13H27N3O2/c1-5-6-12(17)16-11(8-14)13(18)15-10(4)7-9(2)3/h9-11H,5-8,14H2,1-4H3,(H,15,18)(H,16,17)/t10-,11-/m0/s1. The van der Waals surface area contributed by atoms with Crippen LogP contribution in [0.5, 0.6) is 0 Å². The molecule has 2 atom stereocenters. The summed E-state index contributed by atoms with van der Waals surface area (Å²) in [6.07, 6.45) is 2.09. The molecule has 0 rings (SSSR count). The van der Waals surface area contributed by atoms with Gasteiger partial charge in [0.1, 0.15) is 6.04 Å². The third-order valence-corrected chi connectivity index (χ3v) is 2.58. The molecule has 0 fully saturated rings. The Morgan fingerprint density at radius 2 is 1.78 bits per heavy atom. The van der Waals surface area contributed by atoms with Crippen LogP contribution < -0.4 is 16.4 Å². The van der Waals surface area contributed by atoms with Gasteiger partial charge in [0.05, 0.1) is 0 Å². The van der Waals surface area contributed by atoms with Gasteiger partial charge in [-0.05, 0) is 25.7 Å². The first-order chi connectivity index (χ1) is 8.40. The second-order valence-electron chi connectivity index (χ2n) is 5.14. The zero-order valence-corrected chi connectivity index (χ0v) is 12.0. The maximum atomic E-state index is 11.9.